The van der Waals surface area contributed by atoms with Gasteiger partial charge in [0, 0.05) is 11.8 Å². The highest BCUT2D eigenvalue weighted by atomic mass is 32.2. The summed E-state index contributed by atoms with van der Waals surface area (Å²) in [6.45, 7) is 11.0. The highest BCUT2D eigenvalue weighted by Gasteiger charge is 2.37. The molecule has 0 saturated carbocycles. The van der Waals surface area contributed by atoms with E-state index in [9.17, 15) is 17.6 Å². The van der Waals surface area contributed by atoms with Gasteiger partial charge in [0.1, 0.15) is 18.4 Å². The smallest absolute Gasteiger partial charge is 0.414 e. The molecule has 0 N–H and O–H groups in total. The van der Waals surface area contributed by atoms with Gasteiger partial charge in [-0.2, -0.15) is 13.5 Å². The molecule has 0 unspecified atom stereocenters. The number of benzene rings is 1. The molecule has 0 radical (unpaired) electrons. The van der Waals surface area contributed by atoms with Crippen molar-refractivity contribution in [2.24, 2.45) is 0 Å². The van der Waals surface area contributed by atoms with E-state index in [-0.39, 0.29) is 29.6 Å². The maximum Gasteiger partial charge on any atom is 0.414 e. The molecule has 1 saturated heterocycles. The van der Waals surface area contributed by atoms with Crippen molar-refractivity contribution in [1.29, 1.82) is 0 Å². The van der Waals surface area contributed by atoms with Crippen LogP contribution in [0.2, 0.25) is 18.1 Å². The van der Waals surface area contributed by atoms with Gasteiger partial charge in [-0.1, -0.05) is 20.8 Å². The molecule has 33 heavy (non-hydrogen) atoms. The molecule has 0 spiro atoms. The van der Waals surface area contributed by atoms with Gasteiger partial charge in [-0.15, -0.1) is 0 Å². The molecule has 0 aliphatic carbocycles. The number of carbonyl (C=O) groups is 1. The van der Waals surface area contributed by atoms with Crippen molar-refractivity contribution in [3.8, 4) is 5.69 Å². The number of ether oxygens (including phenoxy) is 1. The van der Waals surface area contributed by atoms with Crippen molar-refractivity contribution in [3.05, 3.63) is 42.0 Å². The zero-order valence-corrected chi connectivity index (χ0v) is 21.5. The Kier molecular flexibility index (Phi) is 7.04. The quantitative estimate of drug-likeness (QED) is 0.402. The number of rotatable bonds is 8. The predicted molar refractivity (Wildman–Crippen MR) is 124 cm³/mol. The van der Waals surface area contributed by atoms with E-state index in [0.29, 0.717) is 6.61 Å². The second-order valence-electron chi connectivity index (χ2n) is 9.58. The van der Waals surface area contributed by atoms with Crippen LogP contribution in [-0.4, -0.2) is 58.1 Å². The van der Waals surface area contributed by atoms with Gasteiger partial charge in [0.15, 0.2) is 14.1 Å². The molecule has 1 aromatic heterocycles. The summed E-state index contributed by atoms with van der Waals surface area (Å²) in [5.74, 6) is -0.573. The Labute approximate surface area is 194 Å². The summed E-state index contributed by atoms with van der Waals surface area (Å²) in [6.07, 6.45) is 2.80. The number of cyclic esters (lactones) is 1. The van der Waals surface area contributed by atoms with E-state index in [4.69, 9.17) is 9.16 Å². The molecule has 12 heteroatoms. The van der Waals surface area contributed by atoms with Crippen LogP contribution >= 0.6 is 0 Å². The lowest BCUT2D eigenvalue weighted by atomic mass is 10.2. The van der Waals surface area contributed by atoms with Gasteiger partial charge in [-0.05, 0) is 36.3 Å². The van der Waals surface area contributed by atoms with E-state index in [1.165, 1.54) is 21.7 Å². The van der Waals surface area contributed by atoms with E-state index in [2.05, 4.69) is 43.1 Å². The highest BCUT2D eigenvalue weighted by Crippen LogP contribution is 2.37. The Morgan fingerprint density at radius 3 is 2.61 bits per heavy atom. The number of amides is 1. The van der Waals surface area contributed by atoms with Crippen molar-refractivity contribution in [2.75, 3.05) is 24.3 Å². The second-order valence-corrected chi connectivity index (χ2v) is 16.0. The van der Waals surface area contributed by atoms with Gasteiger partial charge in [-0.25, -0.2) is 13.9 Å². The fourth-order valence-corrected chi connectivity index (χ4v) is 4.27. The number of hydrogen-bond donors (Lipinski definition) is 0. The number of hydrogen-bond acceptors (Lipinski definition) is 7. The molecule has 9 nitrogen and oxygen atoms in total. The van der Waals surface area contributed by atoms with Gasteiger partial charge in [0.25, 0.3) is 10.1 Å². The fraction of sp³-hybridized carbons (Fsp3) is 0.524. The average molecular weight is 500 g/mol. The Bertz CT molecular complexity index is 1130. The maximum atomic E-state index is 14.9. The normalized spacial score (nSPS) is 17.5. The largest absolute Gasteiger partial charge is 0.441 e. The molecule has 1 aliphatic heterocycles. The van der Waals surface area contributed by atoms with Gasteiger partial charge < -0.3 is 9.16 Å². The number of aromatic nitrogens is 2. The number of halogens is 1. The summed E-state index contributed by atoms with van der Waals surface area (Å²) in [5, 5.41) is 4.33. The van der Waals surface area contributed by atoms with Gasteiger partial charge >= 0.3 is 6.09 Å². The summed E-state index contributed by atoms with van der Waals surface area (Å²) < 4.78 is 54.6. The summed E-state index contributed by atoms with van der Waals surface area (Å²) in [4.78, 5) is 13.4. The Morgan fingerprint density at radius 1 is 1.30 bits per heavy atom. The van der Waals surface area contributed by atoms with Crippen molar-refractivity contribution < 1.29 is 30.9 Å². The van der Waals surface area contributed by atoms with Crippen LogP contribution in [0.25, 0.3) is 5.69 Å². The van der Waals surface area contributed by atoms with Crippen LogP contribution < -0.4 is 4.90 Å². The van der Waals surface area contributed by atoms with Crippen LogP contribution in [0.15, 0.2) is 30.6 Å². The minimum absolute atomic E-state index is 0.0455. The number of anilines is 1. The maximum absolute atomic E-state index is 14.9. The van der Waals surface area contributed by atoms with E-state index in [0.717, 1.165) is 11.8 Å². The molecular weight excluding hydrogens is 469 g/mol. The van der Waals surface area contributed by atoms with E-state index in [1.54, 1.807) is 18.5 Å². The van der Waals surface area contributed by atoms with Crippen LogP contribution in [-0.2, 0) is 30.1 Å². The minimum Gasteiger partial charge on any atom is -0.441 e. The summed E-state index contributed by atoms with van der Waals surface area (Å²) >= 11 is 0. The molecule has 2 aromatic rings. The Hall–Kier alpha value is -2.28. The third-order valence-corrected chi connectivity index (χ3v) is 10.9. The van der Waals surface area contributed by atoms with Crippen LogP contribution in [0.3, 0.4) is 0 Å². The number of nitrogens with zero attached hydrogens (tertiary/aromatic N) is 3. The molecule has 1 amide bonds. The summed E-state index contributed by atoms with van der Waals surface area (Å²) in [5.41, 5.74) is 1.35. The first-order valence-corrected chi connectivity index (χ1v) is 15.2. The SMILES string of the molecule is CC(C)(C)[Si](C)(C)OCc1cnn(-c2ccc(N3C[C@H](COS(C)(=O)=O)OC3=O)cc2F)c1. The lowest BCUT2D eigenvalue weighted by Gasteiger charge is -2.36. The van der Waals surface area contributed by atoms with Crippen LogP contribution in [0.4, 0.5) is 14.9 Å². The van der Waals surface area contributed by atoms with Crippen LogP contribution in [0, 0.1) is 5.82 Å². The molecule has 1 fully saturated rings. The van der Waals surface area contributed by atoms with Crippen molar-refractivity contribution in [3.63, 3.8) is 0 Å². The third-order valence-electron chi connectivity index (χ3n) is 5.87. The summed E-state index contributed by atoms with van der Waals surface area (Å²) in [7, 11) is -5.58. The second kappa shape index (κ2) is 9.16. The van der Waals surface area contributed by atoms with Crippen molar-refractivity contribution in [2.45, 2.75) is 51.6 Å². The molecule has 3 rings (SSSR count). The first-order chi connectivity index (χ1) is 15.2. The molecule has 2 heterocycles. The van der Waals surface area contributed by atoms with Crippen molar-refractivity contribution in [1.82, 2.24) is 9.78 Å². The number of carbonyl (C=O) groups excluding carboxylic acids is 1. The van der Waals surface area contributed by atoms with Crippen molar-refractivity contribution >= 4 is 30.2 Å². The fourth-order valence-electron chi connectivity index (χ4n) is 2.91. The third kappa shape index (κ3) is 6.19. The first kappa shape index (κ1) is 25.3. The van der Waals surface area contributed by atoms with E-state index < -0.39 is 36.4 Å². The zero-order chi connectivity index (χ0) is 24.6. The van der Waals surface area contributed by atoms with Gasteiger partial charge in [0.05, 0.1) is 31.3 Å². The molecule has 0 bridgehead atoms. The average Bonchev–Trinajstić information content (AvgIpc) is 3.30. The first-order valence-electron chi connectivity index (χ1n) is 10.5. The molecule has 1 atom stereocenters. The lowest BCUT2D eigenvalue weighted by molar-refractivity contribution is 0.107. The molecule has 182 valence electrons. The minimum atomic E-state index is -3.66. The monoisotopic (exact) mass is 499 g/mol. The lowest BCUT2D eigenvalue weighted by Crippen LogP contribution is -2.40. The molecule has 1 aliphatic rings. The van der Waals surface area contributed by atoms with E-state index >= 15 is 0 Å². The molecule has 1 aromatic carbocycles. The Morgan fingerprint density at radius 2 is 2.00 bits per heavy atom. The van der Waals surface area contributed by atoms with Gasteiger partial charge in [-0.3, -0.25) is 9.08 Å². The standard InChI is InChI=1S/C21H30FN3O6SSi/c1-21(2,3)33(5,6)30-13-15-10-23-25(11-15)19-8-7-16(9-18(19)22)24-12-17(31-20(24)26)14-29-32(4,27)28/h7-11,17H,12-14H2,1-6H3/t17-/m1/s1. The molecular formula is C21H30FN3O6SSi. The topological polar surface area (TPSA) is 100.0 Å². The van der Waals surface area contributed by atoms with Crippen LogP contribution in [0.1, 0.15) is 26.3 Å². The van der Waals surface area contributed by atoms with Crippen LogP contribution in [0.5, 0.6) is 0 Å². The zero-order valence-electron chi connectivity index (χ0n) is 19.7. The Balaban J connectivity index is 1.69. The summed E-state index contributed by atoms with van der Waals surface area (Å²) in [6, 6.07) is 4.31. The van der Waals surface area contributed by atoms with E-state index in [1.807, 2.05) is 0 Å². The predicted octanol–water partition coefficient (Wildman–Crippen LogP) is 3.83. The van der Waals surface area contributed by atoms with Gasteiger partial charge in [0.2, 0.25) is 0 Å². The highest BCUT2D eigenvalue weighted by molar-refractivity contribution is 7.85.